The fourth-order valence-electron chi connectivity index (χ4n) is 2.14. The molecule has 0 bridgehead atoms. The van der Waals surface area contributed by atoms with Crippen molar-refractivity contribution in [1.82, 2.24) is 0 Å². The average molecular weight is 255 g/mol. The summed E-state index contributed by atoms with van der Waals surface area (Å²) in [5.74, 6) is 0. The second kappa shape index (κ2) is 17.0. The number of ether oxygens (including phenoxy) is 1. The van der Waals surface area contributed by atoms with Crippen LogP contribution < -0.4 is 0 Å². The van der Waals surface area contributed by atoms with Crippen molar-refractivity contribution < 1.29 is 4.74 Å². The molecule has 0 fully saturated rings. The third-order valence-corrected chi connectivity index (χ3v) is 3.41. The zero-order valence-corrected chi connectivity index (χ0v) is 12.9. The summed E-state index contributed by atoms with van der Waals surface area (Å²) in [5.41, 5.74) is 0. The summed E-state index contributed by atoms with van der Waals surface area (Å²) >= 11 is 0. The largest absolute Gasteiger partial charge is 0.376 e. The molecule has 0 spiro atoms. The first-order valence-electron chi connectivity index (χ1n) is 8.35. The Labute approximate surface area is 116 Å². The highest BCUT2D eigenvalue weighted by Crippen LogP contribution is 2.09. The summed E-state index contributed by atoms with van der Waals surface area (Å²) in [7, 11) is 0. The Morgan fingerprint density at radius 2 is 1.11 bits per heavy atom. The highest BCUT2D eigenvalue weighted by Gasteiger charge is 1.93. The van der Waals surface area contributed by atoms with Crippen molar-refractivity contribution in [1.29, 1.82) is 0 Å². The van der Waals surface area contributed by atoms with Crippen LogP contribution in [0.25, 0.3) is 0 Å². The molecule has 0 aromatic heterocycles. The van der Waals surface area contributed by atoms with Gasteiger partial charge < -0.3 is 4.74 Å². The zero-order valence-electron chi connectivity index (χ0n) is 12.9. The lowest BCUT2D eigenvalue weighted by atomic mass is 10.1. The average Bonchev–Trinajstić information content (AvgIpc) is 2.39. The second-order valence-electron chi connectivity index (χ2n) is 5.36. The zero-order chi connectivity index (χ0) is 13.3. The molecule has 0 aliphatic heterocycles. The molecule has 0 saturated carbocycles. The molecule has 0 aliphatic carbocycles. The van der Waals surface area contributed by atoms with Crippen molar-refractivity contribution in [3.8, 4) is 0 Å². The van der Waals surface area contributed by atoms with Gasteiger partial charge in [-0.2, -0.15) is 0 Å². The van der Waals surface area contributed by atoms with Gasteiger partial charge in [0.15, 0.2) is 0 Å². The molecule has 0 unspecified atom stereocenters. The van der Waals surface area contributed by atoms with Crippen LogP contribution in [-0.4, -0.2) is 6.61 Å². The van der Waals surface area contributed by atoms with E-state index in [4.69, 9.17) is 4.74 Å². The first kappa shape index (κ1) is 18.0. The van der Waals surface area contributed by atoms with Gasteiger partial charge in [0.05, 0.1) is 6.61 Å². The normalized spacial score (nSPS) is 11.0. The van der Waals surface area contributed by atoms with E-state index in [1.165, 1.54) is 77.0 Å². The molecule has 0 aliphatic rings. The van der Waals surface area contributed by atoms with Crippen LogP contribution in [0.2, 0.25) is 0 Å². The van der Waals surface area contributed by atoms with E-state index < -0.39 is 0 Å². The lowest BCUT2D eigenvalue weighted by Crippen LogP contribution is -1.92. The summed E-state index contributed by atoms with van der Waals surface area (Å²) in [5, 5.41) is 0. The second-order valence-corrected chi connectivity index (χ2v) is 5.36. The molecule has 109 valence electrons. The molecule has 1 nitrogen and oxygen atoms in total. The van der Waals surface area contributed by atoms with E-state index in [0.29, 0.717) is 0 Å². The van der Waals surface area contributed by atoms with E-state index in [1.807, 2.05) is 6.61 Å². The van der Waals surface area contributed by atoms with Crippen molar-refractivity contribution in [2.45, 2.75) is 97.3 Å². The van der Waals surface area contributed by atoms with E-state index in [0.717, 1.165) is 13.0 Å². The van der Waals surface area contributed by atoms with Gasteiger partial charge in [-0.05, 0) is 12.8 Å². The molecule has 1 radical (unpaired) electrons. The third kappa shape index (κ3) is 16.0. The maximum absolute atomic E-state index is 5.54. The molecule has 0 amide bonds. The smallest absolute Gasteiger partial charge is 0.0836 e. The first-order chi connectivity index (χ1) is 8.91. The number of hydrogen-bond acceptors (Lipinski definition) is 1. The highest BCUT2D eigenvalue weighted by molar-refractivity contribution is 4.53. The minimum Gasteiger partial charge on any atom is -0.376 e. The summed E-state index contributed by atoms with van der Waals surface area (Å²) in [6.45, 7) is 7.50. The van der Waals surface area contributed by atoms with Gasteiger partial charge in [-0.15, -0.1) is 0 Å². The van der Waals surface area contributed by atoms with Crippen molar-refractivity contribution in [3.63, 3.8) is 0 Å². The fourth-order valence-corrected chi connectivity index (χ4v) is 2.14. The van der Waals surface area contributed by atoms with Gasteiger partial charge in [-0.25, -0.2) is 0 Å². The minimum absolute atomic E-state index is 0.933. The van der Waals surface area contributed by atoms with E-state index >= 15 is 0 Å². The van der Waals surface area contributed by atoms with Gasteiger partial charge in [0.25, 0.3) is 0 Å². The maximum Gasteiger partial charge on any atom is 0.0836 e. The molecule has 0 heterocycles. The predicted octanol–water partition coefficient (Wildman–Crippen LogP) is 6.28. The number of unbranched alkanes of at least 4 members (excludes halogenated alkanes) is 11. The summed E-state index contributed by atoms with van der Waals surface area (Å²) in [4.78, 5) is 0. The summed E-state index contributed by atoms with van der Waals surface area (Å²) in [6, 6.07) is 0. The molecule has 0 saturated heterocycles. The van der Waals surface area contributed by atoms with Gasteiger partial charge in [0.1, 0.15) is 0 Å². The van der Waals surface area contributed by atoms with Crippen LogP contribution in [0.5, 0.6) is 0 Å². The Hall–Kier alpha value is -0.0400. The van der Waals surface area contributed by atoms with Gasteiger partial charge in [0.2, 0.25) is 0 Å². The predicted molar refractivity (Wildman–Crippen MR) is 81.6 cm³/mol. The molecule has 0 atom stereocenters. The minimum atomic E-state index is 0.933. The van der Waals surface area contributed by atoms with Crippen LogP contribution in [0.1, 0.15) is 97.3 Å². The van der Waals surface area contributed by atoms with Gasteiger partial charge in [0, 0.05) is 6.61 Å². The first-order valence-corrected chi connectivity index (χ1v) is 8.35. The van der Waals surface area contributed by atoms with Crippen molar-refractivity contribution in [3.05, 3.63) is 6.61 Å². The van der Waals surface area contributed by atoms with Crippen LogP contribution in [0.15, 0.2) is 0 Å². The van der Waals surface area contributed by atoms with Gasteiger partial charge in [-0.3, -0.25) is 0 Å². The van der Waals surface area contributed by atoms with E-state index in [1.54, 1.807) is 0 Å². The lowest BCUT2D eigenvalue weighted by Gasteiger charge is -2.04. The fraction of sp³-hybridized carbons (Fsp3) is 0.941. The van der Waals surface area contributed by atoms with Gasteiger partial charge >= 0.3 is 0 Å². The Bertz CT molecular complexity index is 118. The Morgan fingerprint density at radius 1 is 0.611 bits per heavy atom. The molecule has 1 heteroatoms. The number of rotatable bonds is 15. The quantitative estimate of drug-likeness (QED) is 0.313. The Balaban J connectivity index is 2.86. The van der Waals surface area contributed by atoms with Crippen LogP contribution in [0.3, 0.4) is 0 Å². The van der Waals surface area contributed by atoms with Crippen LogP contribution in [0.4, 0.5) is 0 Å². The van der Waals surface area contributed by atoms with Crippen molar-refractivity contribution in [2.75, 3.05) is 6.61 Å². The topological polar surface area (TPSA) is 9.23 Å². The monoisotopic (exact) mass is 255 g/mol. The Morgan fingerprint density at radius 3 is 1.72 bits per heavy atom. The van der Waals surface area contributed by atoms with E-state index in [9.17, 15) is 0 Å². The SMILES string of the molecule is CCCCCCC[CH]OCCCCCCCCC. The number of hydrogen-bond donors (Lipinski definition) is 0. The highest BCUT2D eigenvalue weighted by atomic mass is 16.5. The maximum atomic E-state index is 5.54. The van der Waals surface area contributed by atoms with Crippen molar-refractivity contribution in [2.24, 2.45) is 0 Å². The van der Waals surface area contributed by atoms with Gasteiger partial charge in [-0.1, -0.05) is 84.5 Å². The third-order valence-electron chi connectivity index (χ3n) is 3.41. The molecular weight excluding hydrogens is 220 g/mol. The van der Waals surface area contributed by atoms with Crippen LogP contribution >= 0.6 is 0 Å². The molecule has 18 heavy (non-hydrogen) atoms. The van der Waals surface area contributed by atoms with E-state index in [-0.39, 0.29) is 0 Å². The van der Waals surface area contributed by atoms with Crippen LogP contribution in [-0.2, 0) is 4.74 Å². The molecule has 0 aromatic carbocycles. The molecule has 0 aromatic rings. The van der Waals surface area contributed by atoms with Crippen LogP contribution in [0, 0.1) is 6.61 Å². The molecular formula is C17H35O. The Kier molecular flexibility index (Phi) is 16.9. The lowest BCUT2D eigenvalue weighted by molar-refractivity contribution is 0.183. The standard InChI is InChI=1S/C17H35O/c1-3-5-7-9-11-13-15-17-18-16-14-12-10-8-6-4-2/h16H,3-15,17H2,1-2H3. The van der Waals surface area contributed by atoms with E-state index in [2.05, 4.69) is 13.8 Å². The molecule has 0 N–H and O–H groups in total. The summed E-state index contributed by atoms with van der Waals surface area (Å²) in [6.07, 6.45) is 17.5. The molecule has 0 rings (SSSR count). The van der Waals surface area contributed by atoms with Crippen molar-refractivity contribution >= 4 is 0 Å². The summed E-state index contributed by atoms with van der Waals surface area (Å²) < 4.78 is 5.54.